The Morgan fingerprint density at radius 2 is 1.81 bits per heavy atom. The fourth-order valence-electron chi connectivity index (χ4n) is 5.85. The predicted octanol–water partition coefficient (Wildman–Crippen LogP) is 4.38. The van der Waals surface area contributed by atoms with Crippen molar-refractivity contribution in [1.82, 2.24) is 25.8 Å². The van der Waals surface area contributed by atoms with Gasteiger partial charge in [-0.25, -0.2) is 14.6 Å². The first kappa shape index (κ1) is 39.9. The summed E-state index contributed by atoms with van der Waals surface area (Å²) in [7, 11) is 1.55. The zero-order valence-corrected chi connectivity index (χ0v) is 30.8. The lowest BCUT2D eigenvalue weighted by Crippen LogP contribution is -2.60. The maximum Gasteiger partial charge on any atom is 0.408 e. The minimum absolute atomic E-state index is 0.0211. The zero-order valence-electron chi connectivity index (χ0n) is 30.8. The Kier molecular flexibility index (Phi) is 12.8. The van der Waals surface area contributed by atoms with Crippen molar-refractivity contribution >= 4 is 40.7 Å². The van der Waals surface area contributed by atoms with Gasteiger partial charge in [0.1, 0.15) is 35.3 Å². The molecule has 53 heavy (non-hydrogen) atoms. The standard InChI is InChI=1S/C39H47N5O9/c1-8-14-33(45)40-22-30(42-37(50)53-38(4,5)6)35(47)44-23-26(20-31(44)34(46)43-39(9-2,10-3)36(48)49)52-32-21-28(24-15-12-11-13-16-24)41-29-19-25(51-7)17-18-27(29)32/h8-9,11-19,21,26,30-31H,2,10,20,22-23H2,1,3-7H3,(H,40,45)(H,42,50)(H,43,46)(H,48,49)/b14-8+/t26-,30+,31+,39+/m1/s1. The summed E-state index contributed by atoms with van der Waals surface area (Å²) in [6.07, 6.45) is 2.14. The van der Waals surface area contributed by atoms with E-state index in [4.69, 9.17) is 19.2 Å². The normalized spacial score (nSPS) is 17.4. The van der Waals surface area contributed by atoms with Crippen molar-refractivity contribution in [3.05, 3.63) is 79.4 Å². The molecule has 0 spiro atoms. The highest BCUT2D eigenvalue weighted by atomic mass is 16.6. The molecule has 0 saturated carbocycles. The number of carbonyl (C=O) groups excluding carboxylic acids is 4. The summed E-state index contributed by atoms with van der Waals surface area (Å²) in [6.45, 7) is 11.4. The summed E-state index contributed by atoms with van der Waals surface area (Å²) in [4.78, 5) is 72.0. The fourth-order valence-corrected chi connectivity index (χ4v) is 5.85. The Balaban J connectivity index is 1.75. The maximum atomic E-state index is 14.4. The molecule has 0 bridgehead atoms. The maximum absolute atomic E-state index is 14.4. The van der Waals surface area contributed by atoms with E-state index in [-0.39, 0.29) is 25.9 Å². The number of alkyl carbamates (subject to hydrolysis) is 1. The number of benzene rings is 2. The molecule has 4 rings (SSSR count). The van der Waals surface area contributed by atoms with Crippen molar-refractivity contribution in [2.45, 2.75) is 76.8 Å². The summed E-state index contributed by atoms with van der Waals surface area (Å²) in [5.74, 6) is -2.32. The van der Waals surface area contributed by atoms with Crippen LogP contribution in [0.5, 0.6) is 11.5 Å². The lowest BCUT2D eigenvalue weighted by Gasteiger charge is -2.32. The van der Waals surface area contributed by atoms with Crippen LogP contribution in [0.1, 0.15) is 47.5 Å². The first-order valence-electron chi connectivity index (χ1n) is 17.2. The molecule has 2 aromatic carbocycles. The third kappa shape index (κ3) is 9.90. The van der Waals surface area contributed by atoms with Gasteiger partial charge in [-0.1, -0.05) is 49.4 Å². The Morgan fingerprint density at radius 3 is 2.42 bits per heavy atom. The summed E-state index contributed by atoms with van der Waals surface area (Å²) in [6, 6.07) is 14.0. The van der Waals surface area contributed by atoms with Crippen molar-refractivity contribution in [3.8, 4) is 22.8 Å². The summed E-state index contributed by atoms with van der Waals surface area (Å²) < 4.78 is 17.4. The van der Waals surface area contributed by atoms with Crippen molar-refractivity contribution < 1.29 is 43.3 Å². The Bertz CT molecular complexity index is 1870. The van der Waals surface area contributed by atoms with Crippen molar-refractivity contribution in [3.63, 3.8) is 0 Å². The molecule has 282 valence electrons. The summed E-state index contributed by atoms with van der Waals surface area (Å²) in [5, 5.41) is 18.4. The van der Waals surface area contributed by atoms with Crippen LogP contribution in [0.25, 0.3) is 22.2 Å². The molecule has 14 heteroatoms. The number of hydrogen-bond donors (Lipinski definition) is 4. The number of carbonyl (C=O) groups is 5. The van der Waals surface area contributed by atoms with Gasteiger partial charge in [0.2, 0.25) is 17.7 Å². The first-order valence-corrected chi connectivity index (χ1v) is 17.2. The van der Waals surface area contributed by atoms with E-state index >= 15 is 0 Å². The van der Waals surface area contributed by atoms with Crippen LogP contribution >= 0.6 is 0 Å². The van der Waals surface area contributed by atoms with E-state index in [2.05, 4.69) is 22.5 Å². The molecule has 3 aromatic rings. The Hall–Kier alpha value is -5.92. The number of carboxylic acid groups (broad SMARTS) is 1. The number of methoxy groups -OCH3 is 1. The number of carboxylic acids is 1. The zero-order chi connectivity index (χ0) is 38.9. The van der Waals surface area contributed by atoms with Crippen molar-refractivity contribution in [2.24, 2.45) is 0 Å². The number of nitrogens with one attached hydrogen (secondary N) is 3. The van der Waals surface area contributed by atoms with Crippen LogP contribution in [0.4, 0.5) is 4.79 Å². The lowest BCUT2D eigenvalue weighted by atomic mass is 9.95. The number of aromatic nitrogens is 1. The van der Waals surface area contributed by atoms with E-state index < -0.39 is 59.1 Å². The monoisotopic (exact) mass is 729 g/mol. The number of rotatable bonds is 14. The molecule has 1 aliphatic rings. The Morgan fingerprint density at radius 1 is 1.09 bits per heavy atom. The number of nitrogens with zero attached hydrogens (tertiary/aromatic N) is 2. The molecule has 14 nitrogen and oxygen atoms in total. The highest BCUT2D eigenvalue weighted by Crippen LogP contribution is 2.35. The number of amides is 4. The number of pyridine rings is 1. The van der Waals surface area contributed by atoms with Gasteiger partial charge in [0.25, 0.3) is 0 Å². The van der Waals surface area contributed by atoms with Crippen LogP contribution in [0.15, 0.2) is 79.4 Å². The quantitative estimate of drug-likeness (QED) is 0.137. The van der Waals surface area contributed by atoms with Crippen LogP contribution in [0, 0.1) is 0 Å². The van der Waals surface area contributed by atoms with E-state index in [9.17, 15) is 29.1 Å². The van der Waals surface area contributed by atoms with E-state index in [0.717, 1.165) is 11.6 Å². The minimum Gasteiger partial charge on any atom is -0.497 e. The molecule has 1 aliphatic heterocycles. The number of allylic oxidation sites excluding steroid dienone is 1. The van der Waals surface area contributed by atoms with Crippen molar-refractivity contribution in [2.75, 3.05) is 20.2 Å². The molecular weight excluding hydrogens is 682 g/mol. The van der Waals surface area contributed by atoms with Crippen LogP contribution in [0.3, 0.4) is 0 Å². The number of fused-ring (bicyclic) bond motifs is 1. The van der Waals surface area contributed by atoms with Gasteiger partial charge in [0.05, 0.1) is 24.9 Å². The molecule has 1 saturated heterocycles. The van der Waals surface area contributed by atoms with Gasteiger partial charge in [0, 0.05) is 36.0 Å². The molecule has 1 aromatic heterocycles. The third-order valence-corrected chi connectivity index (χ3v) is 8.61. The molecule has 4 N–H and O–H groups in total. The number of ether oxygens (including phenoxy) is 3. The second kappa shape index (κ2) is 17.1. The molecule has 0 unspecified atom stereocenters. The van der Waals surface area contributed by atoms with Gasteiger partial charge < -0.3 is 40.2 Å². The smallest absolute Gasteiger partial charge is 0.408 e. The molecule has 2 heterocycles. The molecule has 0 aliphatic carbocycles. The average molecular weight is 730 g/mol. The van der Waals surface area contributed by atoms with Crippen molar-refractivity contribution in [1.29, 1.82) is 0 Å². The van der Waals surface area contributed by atoms with Crippen LogP contribution in [0.2, 0.25) is 0 Å². The highest BCUT2D eigenvalue weighted by Gasteiger charge is 2.46. The number of aliphatic carboxylic acids is 1. The topological polar surface area (TPSA) is 185 Å². The predicted molar refractivity (Wildman–Crippen MR) is 198 cm³/mol. The van der Waals surface area contributed by atoms with Gasteiger partial charge >= 0.3 is 12.1 Å². The van der Waals surface area contributed by atoms with Gasteiger partial charge in [-0.2, -0.15) is 0 Å². The molecule has 0 radical (unpaired) electrons. The second-order valence-electron chi connectivity index (χ2n) is 13.5. The average Bonchev–Trinajstić information content (AvgIpc) is 3.55. The first-order chi connectivity index (χ1) is 25.1. The molecule has 4 atom stereocenters. The Labute approximate surface area is 308 Å². The largest absolute Gasteiger partial charge is 0.497 e. The minimum atomic E-state index is -1.82. The number of likely N-dealkylation sites (tertiary alicyclic amines) is 1. The molecule has 4 amide bonds. The summed E-state index contributed by atoms with van der Waals surface area (Å²) in [5.41, 5.74) is -0.695. The van der Waals surface area contributed by atoms with E-state index in [1.54, 1.807) is 66.0 Å². The third-order valence-electron chi connectivity index (χ3n) is 8.61. The fraction of sp³-hybridized carbons (Fsp3) is 0.385. The molecule has 1 fully saturated rings. The van der Waals surface area contributed by atoms with Gasteiger partial charge in [-0.05, 0) is 52.3 Å². The van der Waals surface area contributed by atoms with Crippen LogP contribution in [-0.2, 0) is 23.9 Å². The van der Waals surface area contributed by atoms with Crippen LogP contribution in [-0.4, -0.2) is 94.3 Å². The van der Waals surface area contributed by atoms with E-state index in [1.807, 2.05) is 30.3 Å². The van der Waals surface area contributed by atoms with Gasteiger partial charge in [-0.15, -0.1) is 6.58 Å². The van der Waals surface area contributed by atoms with Gasteiger partial charge in [-0.3, -0.25) is 14.4 Å². The van der Waals surface area contributed by atoms with Crippen LogP contribution < -0.4 is 25.4 Å². The second-order valence-corrected chi connectivity index (χ2v) is 13.5. The lowest BCUT2D eigenvalue weighted by molar-refractivity contribution is -0.147. The SMILES string of the molecule is C=C[C@@](CC)(NC(=O)[C@@H]1C[C@@H](Oc2cc(-c3ccccc3)nc3cc(OC)ccc23)CN1C(=O)[C@H](CNC(=O)/C=C/C)NC(=O)OC(C)(C)C)C(=O)O. The van der Waals surface area contributed by atoms with E-state index in [1.165, 1.54) is 17.1 Å². The van der Waals surface area contributed by atoms with Gasteiger partial charge in [0.15, 0.2) is 5.54 Å². The number of hydrogen-bond acceptors (Lipinski definition) is 9. The van der Waals surface area contributed by atoms with E-state index in [0.29, 0.717) is 28.1 Å². The molecular formula is C39H47N5O9. The summed E-state index contributed by atoms with van der Waals surface area (Å²) >= 11 is 0. The highest BCUT2D eigenvalue weighted by molar-refractivity contribution is 5.96.